The molecule has 0 spiro atoms. The van der Waals surface area contributed by atoms with Crippen LogP contribution in [-0.4, -0.2) is 41.6 Å². The summed E-state index contributed by atoms with van der Waals surface area (Å²) in [5, 5.41) is 5.64. The molecule has 0 aliphatic carbocycles. The summed E-state index contributed by atoms with van der Waals surface area (Å²) < 4.78 is 4.66. The molecule has 7 heteroatoms. The van der Waals surface area contributed by atoms with Gasteiger partial charge in [0, 0.05) is 18.3 Å². The van der Waals surface area contributed by atoms with Crippen molar-refractivity contribution in [2.45, 2.75) is 45.7 Å². The van der Waals surface area contributed by atoms with E-state index in [2.05, 4.69) is 28.9 Å². The van der Waals surface area contributed by atoms with Gasteiger partial charge in [0.05, 0.1) is 24.4 Å². The zero-order chi connectivity index (χ0) is 16.2. The van der Waals surface area contributed by atoms with Gasteiger partial charge < -0.3 is 15.0 Å². The van der Waals surface area contributed by atoms with Crippen LogP contribution >= 0.6 is 11.3 Å². The number of nitrogens with one attached hydrogen (secondary N) is 1. The molecule has 0 aliphatic rings. The third-order valence-corrected chi connectivity index (χ3v) is 4.12. The lowest BCUT2D eigenvalue weighted by molar-refractivity contribution is -0.146. The van der Waals surface area contributed by atoms with Gasteiger partial charge in [-0.1, -0.05) is 13.8 Å². The summed E-state index contributed by atoms with van der Waals surface area (Å²) in [5.74, 6) is -0.110. The number of esters is 1. The van der Waals surface area contributed by atoms with Crippen LogP contribution in [-0.2, 0) is 16.1 Å². The smallest absolute Gasteiger partial charge is 0.331 e. The largest absolute Gasteiger partial charge is 0.467 e. The Labute approximate surface area is 129 Å². The predicted molar refractivity (Wildman–Crippen MR) is 82.3 cm³/mol. The highest BCUT2D eigenvalue weighted by Gasteiger charge is 2.31. The highest BCUT2D eigenvalue weighted by Crippen LogP contribution is 2.19. The average molecular weight is 313 g/mol. The zero-order valence-electron chi connectivity index (χ0n) is 13.4. The first-order valence-corrected chi connectivity index (χ1v) is 7.61. The number of ether oxygens (including phenoxy) is 1. The molecule has 1 heterocycles. The molecule has 0 aliphatic heterocycles. The monoisotopic (exact) mass is 313 g/mol. The zero-order valence-corrected chi connectivity index (χ0v) is 14.2. The van der Waals surface area contributed by atoms with Gasteiger partial charge in [0.1, 0.15) is 5.54 Å². The Morgan fingerprint density at radius 3 is 2.57 bits per heavy atom. The van der Waals surface area contributed by atoms with Crippen molar-refractivity contribution in [2.75, 3.05) is 14.2 Å². The summed E-state index contributed by atoms with van der Waals surface area (Å²) in [4.78, 5) is 29.6. The van der Waals surface area contributed by atoms with Gasteiger partial charge in [-0.3, -0.25) is 0 Å². The molecule has 0 unspecified atom stereocenters. The van der Waals surface area contributed by atoms with Gasteiger partial charge in [-0.15, -0.1) is 11.3 Å². The first kappa shape index (κ1) is 17.4. The number of hydrogen-bond acceptors (Lipinski definition) is 5. The molecular formula is C14H23N3O3S. The van der Waals surface area contributed by atoms with E-state index in [1.807, 2.05) is 5.38 Å². The van der Waals surface area contributed by atoms with Gasteiger partial charge in [0.2, 0.25) is 0 Å². The molecule has 0 saturated carbocycles. The quantitative estimate of drug-likeness (QED) is 0.847. The second kappa shape index (κ2) is 6.89. The van der Waals surface area contributed by atoms with Crippen molar-refractivity contribution in [1.82, 2.24) is 15.2 Å². The molecule has 118 valence electrons. The Hall–Kier alpha value is -1.63. The number of amides is 2. The Bertz CT molecular complexity index is 511. The molecule has 1 aromatic heterocycles. The van der Waals surface area contributed by atoms with Crippen LogP contribution in [0, 0.1) is 0 Å². The Morgan fingerprint density at radius 1 is 1.48 bits per heavy atom. The van der Waals surface area contributed by atoms with Crippen LogP contribution in [0.5, 0.6) is 0 Å². The molecule has 0 bridgehead atoms. The van der Waals surface area contributed by atoms with Crippen LogP contribution in [0.15, 0.2) is 5.38 Å². The van der Waals surface area contributed by atoms with Crippen LogP contribution in [0.4, 0.5) is 4.79 Å². The number of rotatable bonds is 5. The second-order valence-corrected chi connectivity index (χ2v) is 6.62. The maximum Gasteiger partial charge on any atom is 0.331 e. The standard InChI is InChI=1S/C14H23N3O3S/c1-9(2)11-15-10(8-21-11)7-17(5)13(19)16-14(3,4)12(18)20-6/h8-9H,7H2,1-6H3,(H,16,19). The lowest BCUT2D eigenvalue weighted by Gasteiger charge is -2.26. The van der Waals surface area contributed by atoms with E-state index in [0.717, 1.165) is 10.7 Å². The number of thiazole rings is 1. The third kappa shape index (κ3) is 4.70. The molecule has 21 heavy (non-hydrogen) atoms. The fourth-order valence-corrected chi connectivity index (χ4v) is 2.47. The fourth-order valence-electron chi connectivity index (χ4n) is 1.64. The molecule has 0 atom stereocenters. The summed E-state index contributed by atoms with van der Waals surface area (Å²) in [7, 11) is 2.96. The topological polar surface area (TPSA) is 71.5 Å². The minimum Gasteiger partial charge on any atom is -0.467 e. The average Bonchev–Trinajstić information content (AvgIpc) is 2.85. The summed E-state index contributed by atoms with van der Waals surface area (Å²) >= 11 is 1.59. The van der Waals surface area contributed by atoms with Crippen molar-refractivity contribution in [3.05, 3.63) is 16.1 Å². The summed E-state index contributed by atoms with van der Waals surface area (Å²) in [6, 6.07) is -0.343. The number of methoxy groups -OCH3 is 1. The number of hydrogen-bond donors (Lipinski definition) is 1. The normalized spacial score (nSPS) is 11.4. The molecule has 2 amide bonds. The van der Waals surface area contributed by atoms with Gasteiger partial charge in [0.25, 0.3) is 0 Å². The van der Waals surface area contributed by atoms with Crippen molar-refractivity contribution in [3.63, 3.8) is 0 Å². The minimum absolute atomic E-state index is 0.343. The van der Waals surface area contributed by atoms with Crippen molar-refractivity contribution >= 4 is 23.3 Å². The van der Waals surface area contributed by atoms with Crippen molar-refractivity contribution in [3.8, 4) is 0 Å². The number of carbonyl (C=O) groups excluding carboxylic acids is 2. The van der Waals surface area contributed by atoms with Gasteiger partial charge in [-0.05, 0) is 13.8 Å². The van der Waals surface area contributed by atoms with E-state index in [1.54, 1.807) is 32.2 Å². The van der Waals surface area contributed by atoms with Crippen LogP contribution in [0.2, 0.25) is 0 Å². The van der Waals surface area contributed by atoms with Crippen molar-refractivity contribution in [1.29, 1.82) is 0 Å². The molecule has 0 radical (unpaired) electrons. The van der Waals surface area contributed by atoms with E-state index >= 15 is 0 Å². The minimum atomic E-state index is -1.06. The molecule has 1 N–H and O–H groups in total. The second-order valence-electron chi connectivity index (χ2n) is 5.73. The Morgan fingerprint density at radius 2 is 2.10 bits per heavy atom. The lowest BCUT2D eigenvalue weighted by Crippen LogP contribution is -2.53. The number of nitrogens with zero attached hydrogens (tertiary/aromatic N) is 2. The number of carbonyl (C=O) groups is 2. The molecule has 6 nitrogen and oxygen atoms in total. The number of urea groups is 1. The first-order valence-electron chi connectivity index (χ1n) is 6.73. The summed E-state index contributed by atoms with van der Waals surface area (Å²) in [6.07, 6.45) is 0. The van der Waals surface area contributed by atoms with E-state index in [-0.39, 0.29) is 6.03 Å². The molecule has 0 aromatic carbocycles. The van der Waals surface area contributed by atoms with Gasteiger partial charge in [0.15, 0.2) is 0 Å². The first-order chi connectivity index (χ1) is 9.67. The maximum atomic E-state index is 12.1. The molecule has 0 saturated heterocycles. The van der Waals surface area contributed by atoms with Crippen LogP contribution in [0.1, 0.15) is 44.3 Å². The highest BCUT2D eigenvalue weighted by atomic mass is 32.1. The van der Waals surface area contributed by atoms with Gasteiger partial charge in [-0.2, -0.15) is 0 Å². The third-order valence-electron chi connectivity index (χ3n) is 2.92. The summed E-state index contributed by atoms with van der Waals surface area (Å²) in [6.45, 7) is 7.76. The molecule has 1 rings (SSSR count). The van der Waals surface area contributed by atoms with Crippen LogP contribution in [0.3, 0.4) is 0 Å². The van der Waals surface area contributed by atoms with Crippen molar-refractivity contribution in [2.24, 2.45) is 0 Å². The van der Waals surface area contributed by atoms with Crippen molar-refractivity contribution < 1.29 is 14.3 Å². The van der Waals surface area contributed by atoms with E-state index in [4.69, 9.17) is 0 Å². The van der Waals surface area contributed by atoms with E-state index < -0.39 is 11.5 Å². The lowest BCUT2D eigenvalue weighted by atomic mass is 10.1. The van der Waals surface area contributed by atoms with E-state index in [0.29, 0.717) is 12.5 Å². The Kier molecular flexibility index (Phi) is 5.71. The SMILES string of the molecule is COC(=O)C(C)(C)NC(=O)N(C)Cc1csc(C(C)C)n1. The fraction of sp³-hybridized carbons (Fsp3) is 0.643. The van der Waals surface area contributed by atoms with E-state index in [1.165, 1.54) is 12.0 Å². The predicted octanol–water partition coefficient (Wildman–Crippen LogP) is 2.36. The number of aromatic nitrogens is 1. The highest BCUT2D eigenvalue weighted by molar-refractivity contribution is 7.09. The summed E-state index contributed by atoms with van der Waals surface area (Å²) in [5.41, 5.74) is -0.220. The Balaban J connectivity index is 2.64. The maximum absolute atomic E-state index is 12.1. The van der Waals surface area contributed by atoms with Gasteiger partial charge >= 0.3 is 12.0 Å². The van der Waals surface area contributed by atoms with Crippen LogP contribution < -0.4 is 5.32 Å². The molecule has 0 fully saturated rings. The van der Waals surface area contributed by atoms with E-state index in [9.17, 15) is 9.59 Å². The molecule has 1 aromatic rings. The van der Waals surface area contributed by atoms with Gasteiger partial charge in [-0.25, -0.2) is 14.6 Å². The van der Waals surface area contributed by atoms with Crippen LogP contribution in [0.25, 0.3) is 0 Å². The molecular weight excluding hydrogens is 290 g/mol.